The third-order valence-corrected chi connectivity index (χ3v) is 3.08. The highest BCUT2D eigenvalue weighted by molar-refractivity contribution is 5.73. The van der Waals surface area contributed by atoms with Crippen LogP contribution in [0.25, 0.3) is 0 Å². The number of nitrogens with zero attached hydrogens (tertiary/aromatic N) is 2. The number of hydrogen-bond donors (Lipinski definition) is 1. The molecule has 5 heteroatoms. The molecule has 118 valence electrons. The first kappa shape index (κ1) is 16.5. The van der Waals surface area contributed by atoms with Gasteiger partial charge in [-0.15, -0.1) is 0 Å². The van der Waals surface area contributed by atoms with Crippen LogP contribution in [0.15, 0.2) is 36.7 Å². The monoisotopic (exact) mass is 309 g/mol. The van der Waals surface area contributed by atoms with Gasteiger partial charge in [-0.05, 0) is 31.5 Å². The summed E-state index contributed by atoms with van der Waals surface area (Å²) in [4.78, 5) is 19.2. The molecule has 0 spiro atoms. The Morgan fingerprint density at radius 2 is 1.78 bits per heavy atom. The van der Waals surface area contributed by atoms with E-state index in [9.17, 15) is 4.79 Å². The van der Waals surface area contributed by atoms with E-state index in [2.05, 4.69) is 27.1 Å². The molecule has 1 aromatic carbocycles. The van der Waals surface area contributed by atoms with Crippen LogP contribution in [0.3, 0.4) is 0 Å². The number of aromatic nitrogens is 2. The van der Waals surface area contributed by atoms with Crippen LogP contribution in [0.4, 0.5) is 0 Å². The summed E-state index contributed by atoms with van der Waals surface area (Å²) in [6, 6.07) is 8.11. The van der Waals surface area contributed by atoms with E-state index >= 15 is 0 Å². The van der Waals surface area contributed by atoms with E-state index in [0.717, 1.165) is 16.7 Å². The molecule has 0 fully saturated rings. The minimum Gasteiger partial charge on any atom is -0.464 e. The summed E-state index contributed by atoms with van der Waals surface area (Å²) in [5.41, 5.74) is 2.65. The van der Waals surface area contributed by atoms with Crippen molar-refractivity contribution in [3.8, 4) is 17.9 Å². The molecule has 1 heterocycles. The van der Waals surface area contributed by atoms with Gasteiger partial charge in [-0.25, -0.2) is 9.97 Å². The smallest absolute Gasteiger partial charge is 0.316 e. The van der Waals surface area contributed by atoms with E-state index in [1.807, 2.05) is 38.1 Å². The second-order valence-corrected chi connectivity index (χ2v) is 4.98. The van der Waals surface area contributed by atoms with E-state index in [4.69, 9.17) is 4.74 Å². The summed E-state index contributed by atoms with van der Waals surface area (Å²) in [5.74, 6) is 6.03. The van der Waals surface area contributed by atoms with Crippen molar-refractivity contribution in [1.29, 1.82) is 0 Å². The molecule has 0 radical (unpaired) electrons. The number of hydrogen-bond acceptors (Lipinski definition) is 4. The summed E-state index contributed by atoms with van der Waals surface area (Å²) < 4.78 is 5.19. The number of benzene rings is 1. The van der Waals surface area contributed by atoms with Crippen molar-refractivity contribution in [3.63, 3.8) is 0 Å². The Balaban J connectivity index is 2.05. The van der Waals surface area contributed by atoms with E-state index in [1.165, 1.54) is 6.92 Å². The Bertz CT molecular complexity index is 713. The van der Waals surface area contributed by atoms with Crippen LogP contribution in [0.5, 0.6) is 6.01 Å². The first-order valence-corrected chi connectivity index (χ1v) is 7.42. The van der Waals surface area contributed by atoms with Gasteiger partial charge >= 0.3 is 6.01 Å². The van der Waals surface area contributed by atoms with Crippen molar-refractivity contribution in [1.82, 2.24) is 15.3 Å². The van der Waals surface area contributed by atoms with Crippen LogP contribution < -0.4 is 10.1 Å². The Kier molecular flexibility index (Phi) is 5.70. The number of ether oxygens (including phenoxy) is 1. The number of amides is 1. The second kappa shape index (κ2) is 7.95. The first-order valence-electron chi connectivity index (χ1n) is 7.42. The Hall–Kier alpha value is -2.87. The van der Waals surface area contributed by atoms with Crippen molar-refractivity contribution in [2.75, 3.05) is 6.61 Å². The fraction of sp³-hybridized carbons (Fsp3) is 0.278. The third-order valence-electron chi connectivity index (χ3n) is 3.08. The molecule has 2 aromatic rings. The zero-order chi connectivity index (χ0) is 16.7. The predicted molar refractivity (Wildman–Crippen MR) is 87.9 cm³/mol. The maximum absolute atomic E-state index is 11.1. The van der Waals surface area contributed by atoms with Gasteiger partial charge in [-0.3, -0.25) is 4.79 Å². The van der Waals surface area contributed by atoms with Crippen molar-refractivity contribution < 1.29 is 9.53 Å². The fourth-order valence-corrected chi connectivity index (χ4v) is 1.97. The van der Waals surface area contributed by atoms with Gasteiger partial charge in [0, 0.05) is 24.9 Å². The molecule has 5 nitrogen and oxygen atoms in total. The molecule has 1 atom stereocenters. The first-order chi connectivity index (χ1) is 11.1. The van der Waals surface area contributed by atoms with Gasteiger partial charge < -0.3 is 10.1 Å². The topological polar surface area (TPSA) is 64.1 Å². The number of rotatable bonds is 4. The normalized spacial score (nSPS) is 11.1. The van der Waals surface area contributed by atoms with Crippen LogP contribution in [0, 0.1) is 11.8 Å². The highest BCUT2D eigenvalue weighted by Crippen LogP contribution is 2.13. The van der Waals surface area contributed by atoms with Crippen LogP contribution in [0.1, 0.15) is 43.5 Å². The van der Waals surface area contributed by atoms with Gasteiger partial charge in [0.2, 0.25) is 5.91 Å². The minimum atomic E-state index is -0.0446. The maximum atomic E-state index is 11.1. The molecule has 2 rings (SSSR count). The zero-order valence-electron chi connectivity index (χ0n) is 13.5. The molecule has 0 saturated carbocycles. The molecular weight excluding hydrogens is 290 g/mol. The van der Waals surface area contributed by atoms with Crippen LogP contribution in [-0.2, 0) is 4.79 Å². The average molecular weight is 309 g/mol. The molecule has 1 amide bonds. The molecule has 0 aliphatic heterocycles. The second-order valence-electron chi connectivity index (χ2n) is 4.98. The number of carbonyl (C=O) groups excluding carboxylic acids is 1. The van der Waals surface area contributed by atoms with E-state index in [1.54, 1.807) is 12.4 Å². The van der Waals surface area contributed by atoms with E-state index in [0.29, 0.717) is 12.6 Å². The van der Waals surface area contributed by atoms with E-state index in [-0.39, 0.29) is 11.9 Å². The highest BCUT2D eigenvalue weighted by atomic mass is 16.5. The molecule has 1 N–H and O–H groups in total. The van der Waals surface area contributed by atoms with Crippen molar-refractivity contribution >= 4 is 5.91 Å². The molecule has 23 heavy (non-hydrogen) atoms. The lowest BCUT2D eigenvalue weighted by molar-refractivity contribution is -0.119. The predicted octanol–water partition coefficient (Wildman–Crippen LogP) is 2.47. The average Bonchev–Trinajstić information content (AvgIpc) is 2.54. The van der Waals surface area contributed by atoms with Crippen molar-refractivity contribution in [3.05, 3.63) is 53.3 Å². The lowest BCUT2D eigenvalue weighted by Gasteiger charge is -2.12. The zero-order valence-corrected chi connectivity index (χ0v) is 13.5. The molecule has 0 bridgehead atoms. The van der Waals surface area contributed by atoms with Gasteiger partial charge in [-0.1, -0.05) is 24.0 Å². The number of nitrogens with one attached hydrogen (secondary N) is 1. The van der Waals surface area contributed by atoms with Crippen LogP contribution >= 0.6 is 0 Å². The van der Waals surface area contributed by atoms with Crippen molar-refractivity contribution in [2.24, 2.45) is 0 Å². The third kappa shape index (κ3) is 5.11. The Morgan fingerprint density at radius 1 is 1.17 bits per heavy atom. The SMILES string of the molecule is CCOc1ncc(C#Cc2ccc(C(C)NC(C)=O)cc2)cn1. The lowest BCUT2D eigenvalue weighted by Crippen LogP contribution is -2.23. The summed E-state index contributed by atoms with van der Waals surface area (Å²) in [6.45, 7) is 5.87. The summed E-state index contributed by atoms with van der Waals surface area (Å²) in [5, 5.41) is 2.85. The fourth-order valence-electron chi connectivity index (χ4n) is 1.97. The van der Waals surface area contributed by atoms with Crippen LogP contribution in [-0.4, -0.2) is 22.5 Å². The number of carbonyl (C=O) groups is 1. The lowest BCUT2D eigenvalue weighted by atomic mass is 10.1. The van der Waals surface area contributed by atoms with Gasteiger partial charge in [0.1, 0.15) is 0 Å². The summed E-state index contributed by atoms with van der Waals surface area (Å²) in [7, 11) is 0. The summed E-state index contributed by atoms with van der Waals surface area (Å²) >= 11 is 0. The van der Waals surface area contributed by atoms with Gasteiger partial charge in [0.15, 0.2) is 0 Å². The minimum absolute atomic E-state index is 0.0194. The maximum Gasteiger partial charge on any atom is 0.316 e. The molecule has 1 aromatic heterocycles. The molecule has 0 saturated heterocycles. The molecule has 1 unspecified atom stereocenters. The summed E-state index contributed by atoms with van der Waals surface area (Å²) in [6.07, 6.45) is 3.27. The highest BCUT2D eigenvalue weighted by Gasteiger charge is 2.05. The van der Waals surface area contributed by atoms with Crippen LogP contribution in [0.2, 0.25) is 0 Å². The van der Waals surface area contributed by atoms with Gasteiger partial charge in [-0.2, -0.15) is 0 Å². The van der Waals surface area contributed by atoms with Crippen molar-refractivity contribution in [2.45, 2.75) is 26.8 Å². The molecular formula is C18H19N3O2. The quantitative estimate of drug-likeness (QED) is 0.881. The molecule has 0 aliphatic rings. The molecule has 0 aliphatic carbocycles. The van der Waals surface area contributed by atoms with E-state index < -0.39 is 0 Å². The Labute approximate surface area is 136 Å². The van der Waals surface area contributed by atoms with Gasteiger partial charge in [0.25, 0.3) is 0 Å². The van der Waals surface area contributed by atoms with Gasteiger partial charge in [0.05, 0.1) is 18.2 Å². The largest absolute Gasteiger partial charge is 0.464 e. The Morgan fingerprint density at radius 3 is 2.35 bits per heavy atom. The standard InChI is InChI=1S/C18H19N3O2/c1-4-23-18-19-11-16(12-20-18)6-5-15-7-9-17(10-8-15)13(2)21-14(3)22/h7-13H,4H2,1-3H3,(H,21,22).